The second kappa shape index (κ2) is 8.72. The molecular formula is C16H19Cl3N4O. The number of nitrogens with zero attached hydrogens (tertiary/aromatic N) is 2. The predicted octanol–water partition coefficient (Wildman–Crippen LogP) is 3.74. The average molecular weight is 390 g/mol. The van der Waals surface area contributed by atoms with Gasteiger partial charge in [-0.1, -0.05) is 29.3 Å². The van der Waals surface area contributed by atoms with Gasteiger partial charge in [0.25, 0.3) is 0 Å². The van der Waals surface area contributed by atoms with Crippen molar-refractivity contribution >= 4 is 47.3 Å². The number of hydrogen-bond donors (Lipinski definition) is 2. The predicted molar refractivity (Wildman–Crippen MR) is 99.3 cm³/mol. The molecule has 0 saturated carbocycles. The first kappa shape index (κ1) is 19.1. The standard InChI is InChI=1S/C16H18Cl2N4O.ClH/c17-12-4-3-11(14(18)8-12)10-22-15(5-7-20-22)21-16(23)9-13-2-1-6-19-13;/h3-5,7-8,13,19H,1-2,6,9-10H2,(H,21,23);1H. The molecule has 3 rings (SSSR count). The molecule has 1 amide bonds. The molecule has 5 nitrogen and oxygen atoms in total. The second-order valence-electron chi connectivity index (χ2n) is 5.66. The average Bonchev–Trinajstić information content (AvgIpc) is 3.14. The highest BCUT2D eigenvalue weighted by Crippen LogP contribution is 2.22. The monoisotopic (exact) mass is 388 g/mol. The summed E-state index contributed by atoms with van der Waals surface area (Å²) >= 11 is 12.1. The molecule has 1 fully saturated rings. The van der Waals surface area contributed by atoms with Gasteiger partial charge in [-0.3, -0.25) is 4.79 Å². The van der Waals surface area contributed by atoms with E-state index in [-0.39, 0.29) is 24.4 Å². The van der Waals surface area contributed by atoms with Crippen LogP contribution in [0.3, 0.4) is 0 Å². The SMILES string of the molecule is Cl.O=C(CC1CCCN1)Nc1ccnn1Cc1ccc(Cl)cc1Cl. The molecule has 0 radical (unpaired) electrons. The third kappa shape index (κ3) is 4.86. The molecule has 0 spiro atoms. The van der Waals surface area contributed by atoms with Crippen LogP contribution in [0.2, 0.25) is 10.0 Å². The molecule has 0 aliphatic carbocycles. The summed E-state index contributed by atoms with van der Waals surface area (Å²) in [5.74, 6) is 0.660. The molecule has 2 heterocycles. The van der Waals surface area contributed by atoms with Crippen molar-refractivity contribution in [2.75, 3.05) is 11.9 Å². The van der Waals surface area contributed by atoms with Gasteiger partial charge in [0.2, 0.25) is 5.91 Å². The molecule has 1 aromatic heterocycles. The fraction of sp³-hybridized carbons (Fsp3) is 0.375. The zero-order valence-corrected chi connectivity index (χ0v) is 15.3. The maximum atomic E-state index is 12.1. The zero-order valence-electron chi connectivity index (χ0n) is 13.0. The van der Waals surface area contributed by atoms with Gasteiger partial charge >= 0.3 is 0 Å². The number of anilines is 1. The summed E-state index contributed by atoms with van der Waals surface area (Å²) in [4.78, 5) is 12.1. The van der Waals surface area contributed by atoms with Crippen LogP contribution in [0.1, 0.15) is 24.8 Å². The number of benzene rings is 1. The van der Waals surface area contributed by atoms with Crippen molar-refractivity contribution in [3.8, 4) is 0 Å². The number of rotatable bonds is 5. The van der Waals surface area contributed by atoms with Crippen LogP contribution in [0.4, 0.5) is 5.82 Å². The van der Waals surface area contributed by atoms with Gasteiger partial charge in [0.15, 0.2) is 0 Å². The molecule has 1 atom stereocenters. The molecule has 8 heteroatoms. The van der Waals surface area contributed by atoms with Gasteiger partial charge in [-0.2, -0.15) is 5.10 Å². The topological polar surface area (TPSA) is 59.0 Å². The summed E-state index contributed by atoms with van der Waals surface area (Å²) in [5, 5.41) is 11.7. The fourth-order valence-corrected chi connectivity index (χ4v) is 3.19. The van der Waals surface area contributed by atoms with Crippen molar-refractivity contribution in [2.45, 2.75) is 31.8 Å². The van der Waals surface area contributed by atoms with Crippen LogP contribution in [0.15, 0.2) is 30.5 Å². The van der Waals surface area contributed by atoms with Crippen LogP contribution >= 0.6 is 35.6 Å². The second-order valence-corrected chi connectivity index (χ2v) is 6.50. The molecule has 1 aliphatic rings. The van der Waals surface area contributed by atoms with Crippen molar-refractivity contribution in [3.05, 3.63) is 46.1 Å². The molecule has 24 heavy (non-hydrogen) atoms. The summed E-state index contributed by atoms with van der Waals surface area (Å²) in [6, 6.07) is 7.41. The highest BCUT2D eigenvalue weighted by Gasteiger charge is 2.18. The first-order valence-corrected chi connectivity index (χ1v) is 8.36. The normalized spacial score (nSPS) is 16.7. The van der Waals surface area contributed by atoms with Crippen molar-refractivity contribution in [2.24, 2.45) is 0 Å². The Hall–Kier alpha value is -1.27. The summed E-state index contributed by atoms with van der Waals surface area (Å²) in [6.07, 6.45) is 4.32. The number of aromatic nitrogens is 2. The van der Waals surface area contributed by atoms with Crippen LogP contribution in [-0.2, 0) is 11.3 Å². The molecule has 2 N–H and O–H groups in total. The Morgan fingerprint density at radius 1 is 1.38 bits per heavy atom. The first-order chi connectivity index (χ1) is 11.1. The van der Waals surface area contributed by atoms with E-state index in [2.05, 4.69) is 15.7 Å². The quantitative estimate of drug-likeness (QED) is 0.819. The summed E-state index contributed by atoms with van der Waals surface area (Å²) in [6.45, 7) is 1.46. The first-order valence-electron chi connectivity index (χ1n) is 7.61. The number of halogens is 3. The molecule has 130 valence electrons. The van der Waals surface area contributed by atoms with E-state index >= 15 is 0 Å². The molecule has 0 bridgehead atoms. The molecule has 1 saturated heterocycles. The minimum absolute atomic E-state index is 0. The Bertz CT molecular complexity index is 698. The minimum Gasteiger partial charge on any atom is -0.313 e. The van der Waals surface area contributed by atoms with E-state index in [1.165, 1.54) is 0 Å². The smallest absolute Gasteiger partial charge is 0.227 e. The van der Waals surface area contributed by atoms with Crippen molar-refractivity contribution in [3.63, 3.8) is 0 Å². The van der Waals surface area contributed by atoms with Crippen molar-refractivity contribution in [1.29, 1.82) is 0 Å². The largest absolute Gasteiger partial charge is 0.313 e. The third-order valence-corrected chi connectivity index (χ3v) is 4.50. The van der Waals surface area contributed by atoms with Gasteiger partial charge in [-0.15, -0.1) is 12.4 Å². The third-order valence-electron chi connectivity index (χ3n) is 3.91. The number of carbonyl (C=O) groups excluding carboxylic acids is 1. The number of carbonyl (C=O) groups is 1. The Morgan fingerprint density at radius 3 is 2.92 bits per heavy atom. The van der Waals surface area contributed by atoms with E-state index in [1.54, 1.807) is 29.1 Å². The van der Waals surface area contributed by atoms with Gasteiger partial charge < -0.3 is 10.6 Å². The molecular weight excluding hydrogens is 371 g/mol. The van der Waals surface area contributed by atoms with Gasteiger partial charge in [-0.25, -0.2) is 4.68 Å². The van der Waals surface area contributed by atoms with E-state index in [1.807, 2.05) is 6.07 Å². The van der Waals surface area contributed by atoms with Crippen LogP contribution in [-0.4, -0.2) is 28.3 Å². The molecule has 1 unspecified atom stereocenters. The van der Waals surface area contributed by atoms with E-state index in [0.717, 1.165) is 24.9 Å². The lowest BCUT2D eigenvalue weighted by Crippen LogP contribution is -2.28. The Balaban J connectivity index is 0.00000208. The lowest BCUT2D eigenvalue weighted by atomic mass is 10.1. The Labute approximate surface area is 157 Å². The van der Waals surface area contributed by atoms with E-state index in [4.69, 9.17) is 23.2 Å². The zero-order chi connectivity index (χ0) is 16.2. The van der Waals surface area contributed by atoms with E-state index < -0.39 is 0 Å². The number of nitrogens with one attached hydrogen (secondary N) is 2. The van der Waals surface area contributed by atoms with Crippen LogP contribution in [0.25, 0.3) is 0 Å². The lowest BCUT2D eigenvalue weighted by Gasteiger charge is -2.12. The van der Waals surface area contributed by atoms with Crippen LogP contribution in [0.5, 0.6) is 0 Å². The summed E-state index contributed by atoms with van der Waals surface area (Å²) < 4.78 is 1.72. The maximum absolute atomic E-state index is 12.1. The maximum Gasteiger partial charge on any atom is 0.227 e. The van der Waals surface area contributed by atoms with E-state index in [0.29, 0.717) is 28.8 Å². The lowest BCUT2D eigenvalue weighted by molar-refractivity contribution is -0.116. The molecule has 1 aromatic carbocycles. The van der Waals surface area contributed by atoms with Crippen molar-refractivity contribution < 1.29 is 4.79 Å². The Kier molecular flexibility index (Phi) is 6.92. The van der Waals surface area contributed by atoms with Gasteiger partial charge in [0.05, 0.1) is 12.7 Å². The minimum atomic E-state index is -0.00615. The number of hydrogen-bond acceptors (Lipinski definition) is 3. The highest BCUT2D eigenvalue weighted by atomic mass is 35.5. The molecule has 1 aliphatic heterocycles. The summed E-state index contributed by atoms with van der Waals surface area (Å²) in [5.41, 5.74) is 0.896. The van der Waals surface area contributed by atoms with Crippen LogP contribution in [0, 0.1) is 0 Å². The van der Waals surface area contributed by atoms with Crippen molar-refractivity contribution in [1.82, 2.24) is 15.1 Å². The van der Waals surface area contributed by atoms with Gasteiger partial charge in [0, 0.05) is 28.6 Å². The van der Waals surface area contributed by atoms with Crippen LogP contribution < -0.4 is 10.6 Å². The van der Waals surface area contributed by atoms with Gasteiger partial charge in [0.1, 0.15) is 5.82 Å². The number of amides is 1. The summed E-state index contributed by atoms with van der Waals surface area (Å²) in [7, 11) is 0. The Morgan fingerprint density at radius 2 is 2.21 bits per heavy atom. The van der Waals surface area contributed by atoms with Gasteiger partial charge in [-0.05, 0) is 37.1 Å². The van der Waals surface area contributed by atoms with E-state index in [9.17, 15) is 4.79 Å². The highest BCUT2D eigenvalue weighted by molar-refractivity contribution is 6.35. The fourth-order valence-electron chi connectivity index (χ4n) is 2.72. The molecule has 2 aromatic rings.